The third-order valence-corrected chi connectivity index (χ3v) is 8.27. The van der Waals surface area contributed by atoms with Gasteiger partial charge >= 0.3 is 12.2 Å². The molecule has 3 aromatic rings. The van der Waals surface area contributed by atoms with Gasteiger partial charge in [-0.05, 0) is 74.4 Å². The van der Waals surface area contributed by atoms with Gasteiger partial charge in [-0.3, -0.25) is 9.78 Å². The number of pyridine rings is 1. The monoisotopic (exact) mass is 735 g/mol. The molecule has 290 valence electrons. The van der Waals surface area contributed by atoms with Crippen molar-refractivity contribution >= 4 is 18.1 Å². The number of aliphatic hydroxyl groups is 2. The van der Waals surface area contributed by atoms with Gasteiger partial charge in [0.25, 0.3) is 0 Å². The fourth-order valence-corrected chi connectivity index (χ4v) is 5.47. The van der Waals surface area contributed by atoms with Crippen LogP contribution in [0.25, 0.3) is 0 Å². The highest BCUT2D eigenvalue weighted by Gasteiger charge is 2.35. The van der Waals surface area contributed by atoms with E-state index >= 15 is 0 Å². The number of ether oxygens (including phenoxy) is 3. The highest BCUT2D eigenvalue weighted by molar-refractivity contribution is 5.86. The number of carbonyl (C=O) groups is 3. The summed E-state index contributed by atoms with van der Waals surface area (Å²) in [7, 11) is 1.22. The number of hydrogen-bond acceptors (Lipinski definition) is 10. The molecule has 2 aromatic carbocycles. The van der Waals surface area contributed by atoms with E-state index in [-0.39, 0.29) is 19.5 Å². The number of aliphatic hydroxyl groups excluding tert-OH is 2. The van der Waals surface area contributed by atoms with Gasteiger partial charge in [0.05, 0.1) is 38.0 Å². The zero-order valence-electron chi connectivity index (χ0n) is 31.9. The van der Waals surface area contributed by atoms with Gasteiger partial charge < -0.3 is 45.7 Å². The second-order valence-corrected chi connectivity index (χ2v) is 15.1. The molecule has 0 aliphatic heterocycles. The van der Waals surface area contributed by atoms with E-state index in [4.69, 9.17) is 14.2 Å². The summed E-state index contributed by atoms with van der Waals surface area (Å²) < 4.78 is 16.1. The summed E-state index contributed by atoms with van der Waals surface area (Å²) in [6, 6.07) is 20.1. The summed E-state index contributed by atoms with van der Waals surface area (Å²) in [6.45, 7) is 11.2. The Bertz CT molecular complexity index is 1550. The molecular formula is C40H57N5O8. The summed E-state index contributed by atoms with van der Waals surface area (Å²) in [5, 5.41) is 34.1. The predicted octanol–water partition coefficient (Wildman–Crippen LogP) is 3.95. The fraction of sp³-hybridized carbons (Fsp3) is 0.500. The predicted molar refractivity (Wildman–Crippen MR) is 202 cm³/mol. The molecule has 0 aliphatic rings. The molecule has 3 amide bonds. The topological polar surface area (TPSA) is 180 Å². The molecule has 53 heavy (non-hydrogen) atoms. The van der Waals surface area contributed by atoms with Crippen LogP contribution in [0.2, 0.25) is 0 Å². The van der Waals surface area contributed by atoms with Crippen LogP contribution in [0.15, 0.2) is 79.0 Å². The van der Waals surface area contributed by atoms with Crippen molar-refractivity contribution in [2.24, 2.45) is 5.41 Å². The number of nitrogens with one attached hydrogen (secondary N) is 4. The molecule has 5 atom stereocenters. The average molecular weight is 736 g/mol. The summed E-state index contributed by atoms with van der Waals surface area (Å²) in [6.07, 6.45) is -0.592. The normalized spacial score (nSPS) is 14.5. The van der Waals surface area contributed by atoms with Crippen molar-refractivity contribution in [3.8, 4) is 5.75 Å². The van der Waals surface area contributed by atoms with E-state index in [1.54, 1.807) is 27.0 Å². The van der Waals surface area contributed by atoms with Crippen LogP contribution in [0.5, 0.6) is 5.75 Å². The number of rotatable bonds is 18. The highest BCUT2D eigenvalue weighted by Crippen LogP contribution is 2.21. The Labute approximate surface area is 313 Å². The lowest BCUT2D eigenvalue weighted by Gasteiger charge is -2.33. The van der Waals surface area contributed by atoms with Gasteiger partial charge in [0.1, 0.15) is 17.4 Å². The van der Waals surface area contributed by atoms with Crippen LogP contribution in [-0.2, 0) is 33.5 Å². The van der Waals surface area contributed by atoms with Crippen LogP contribution in [0.3, 0.4) is 0 Å². The Morgan fingerprint density at radius 3 is 1.87 bits per heavy atom. The first-order chi connectivity index (χ1) is 25.0. The van der Waals surface area contributed by atoms with E-state index in [1.807, 2.05) is 93.6 Å². The maximum atomic E-state index is 13.7. The standard InChI is InChI=1S/C40H57N5O8/c1-39(2,3)35(45-37(49)51-7)36(48)43-31(24-28-16-18-30(19-17-28)52-22-20-29-15-11-12-21-42-29)33(46)25-41-26-34(47)32(23-27-13-9-8-10-14-27)44-38(50)53-40(4,5)6/h8-19,21,31-35,41,46-47H,20,22-26H2,1-7H3,(H,43,48)(H,44,50)(H,45,49)/t31-,32-,33+,34+,35+/m0/s1. The first-order valence-electron chi connectivity index (χ1n) is 17.9. The average Bonchev–Trinajstić information content (AvgIpc) is 3.10. The van der Waals surface area contributed by atoms with Crippen LogP contribution < -0.4 is 26.0 Å². The van der Waals surface area contributed by atoms with Crippen molar-refractivity contribution in [1.29, 1.82) is 0 Å². The number of hydrogen-bond donors (Lipinski definition) is 6. The zero-order chi connectivity index (χ0) is 39.0. The molecule has 13 heteroatoms. The molecule has 0 saturated carbocycles. The van der Waals surface area contributed by atoms with Crippen molar-refractivity contribution < 1.29 is 38.8 Å². The van der Waals surface area contributed by atoms with Gasteiger partial charge in [0.15, 0.2) is 0 Å². The lowest BCUT2D eigenvalue weighted by molar-refractivity contribution is -0.127. The SMILES string of the molecule is COC(=O)N[C@H](C(=O)N[C@@H](Cc1ccc(OCCc2ccccn2)cc1)[C@H](O)CNC[C@@H](O)[C@H](Cc1ccccc1)NC(=O)OC(C)(C)C)C(C)(C)C. The first-order valence-corrected chi connectivity index (χ1v) is 17.9. The first kappa shape index (κ1) is 42.7. The Hall–Kier alpha value is -4.72. The van der Waals surface area contributed by atoms with Crippen molar-refractivity contribution in [3.05, 3.63) is 95.8 Å². The molecule has 0 fully saturated rings. The molecule has 1 aromatic heterocycles. The number of alkyl carbamates (subject to hydrolysis) is 2. The van der Waals surface area contributed by atoms with E-state index in [2.05, 4.69) is 26.3 Å². The molecule has 0 unspecified atom stereocenters. The fourth-order valence-electron chi connectivity index (χ4n) is 5.47. The quantitative estimate of drug-likeness (QED) is 0.112. The minimum absolute atomic E-state index is 0.00810. The molecule has 0 spiro atoms. The molecule has 0 bridgehead atoms. The smallest absolute Gasteiger partial charge is 0.407 e. The van der Waals surface area contributed by atoms with Gasteiger partial charge in [0.2, 0.25) is 5.91 Å². The van der Waals surface area contributed by atoms with Crippen LogP contribution in [0, 0.1) is 5.41 Å². The van der Waals surface area contributed by atoms with Crippen molar-refractivity contribution in [3.63, 3.8) is 0 Å². The number of methoxy groups -OCH3 is 1. The van der Waals surface area contributed by atoms with Crippen LogP contribution in [0.4, 0.5) is 9.59 Å². The van der Waals surface area contributed by atoms with Crippen LogP contribution in [0.1, 0.15) is 58.4 Å². The molecular weight excluding hydrogens is 678 g/mol. The van der Waals surface area contributed by atoms with E-state index in [9.17, 15) is 24.6 Å². The second-order valence-electron chi connectivity index (χ2n) is 15.1. The van der Waals surface area contributed by atoms with Crippen molar-refractivity contribution in [2.45, 2.75) is 96.7 Å². The van der Waals surface area contributed by atoms with E-state index in [1.165, 1.54) is 7.11 Å². The van der Waals surface area contributed by atoms with Crippen LogP contribution in [-0.4, -0.2) is 96.0 Å². The number of carbonyl (C=O) groups excluding carboxylic acids is 3. The summed E-state index contributed by atoms with van der Waals surface area (Å²) >= 11 is 0. The molecule has 6 N–H and O–H groups in total. The van der Waals surface area contributed by atoms with Gasteiger partial charge in [-0.15, -0.1) is 0 Å². The Morgan fingerprint density at radius 2 is 1.32 bits per heavy atom. The molecule has 0 saturated heterocycles. The van der Waals surface area contributed by atoms with Gasteiger partial charge in [0, 0.05) is 31.4 Å². The van der Waals surface area contributed by atoms with Gasteiger partial charge in [-0.2, -0.15) is 0 Å². The van der Waals surface area contributed by atoms with Gasteiger partial charge in [-0.25, -0.2) is 9.59 Å². The van der Waals surface area contributed by atoms with E-state index in [0.717, 1.165) is 16.8 Å². The van der Waals surface area contributed by atoms with E-state index in [0.29, 0.717) is 25.2 Å². The minimum atomic E-state index is -1.12. The number of aromatic nitrogens is 1. The minimum Gasteiger partial charge on any atom is -0.493 e. The van der Waals surface area contributed by atoms with E-state index < -0.39 is 59.4 Å². The number of benzene rings is 2. The number of nitrogens with zero attached hydrogens (tertiary/aromatic N) is 1. The van der Waals surface area contributed by atoms with Gasteiger partial charge in [-0.1, -0.05) is 69.3 Å². The lowest BCUT2D eigenvalue weighted by Crippen LogP contribution is -2.58. The Morgan fingerprint density at radius 1 is 0.736 bits per heavy atom. The third kappa shape index (κ3) is 15.8. The molecule has 0 radical (unpaired) electrons. The largest absolute Gasteiger partial charge is 0.493 e. The summed E-state index contributed by atoms with van der Waals surface area (Å²) in [4.78, 5) is 42.8. The number of amides is 3. The summed E-state index contributed by atoms with van der Waals surface area (Å²) in [5.74, 6) is 0.174. The molecule has 1 heterocycles. The molecule has 0 aliphatic carbocycles. The Balaban J connectivity index is 1.71. The van der Waals surface area contributed by atoms with Crippen LogP contribution >= 0.6 is 0 Å². The maximum absolute atomic E-state index is 13.7. The summed E-state index contributed by atoms with van der Waals surface area (Å²) in [5.41, 5.74) is 1.26. The second kappa shape index (κ2) is 20.5. The lowest BCUT2D eigenvalue weighted by atomic mass is 9.85. The molecule has 3 rings (SSSR count). The van der Waals surface area contributed by atoms with Crippen molar-refractivity contribution in [1.82, 2.24) is 26.3 Å². The van der Waals surface area contributed by atoms with Crippen molar-refractivity contribution in [2.75, 3.05) is 26.8 Å². The maximum Gasteiger partial charge on any atom is 0.407 e. The molecule has 13 nitrogen and oxygen atoms in total. The zero-order valence-corrected chi connectivity index (χ0v) is 31.9. The third-order valence-electron chi connectivity index (χ3n) is 8.27. The highest BCUT2D eigenvalue weighted by atomic mass is 16.6. The Kier molecular flexibility index (Phi) is 16.5.